The minimum absolute atomic E-state index is 0.0192. The Morgan fingerprint density at radius 1 is 1.47 bits per heavy atom. The van der Waals surface area contributed by atoms with Crippen LogP contribution < -0.4 is 10.6 Å². The lowest BCUT2D eigenvalue weighted by Gasteiger charge is -2.27. The Balaban J connectivity index is 2.19. The maximum Gasteiger partial charge on any atom is 0.315 e. The van der Waals surface area contributed by atoms with Crippen LogP contribution in [0.1, 0.15) is 20.8 Å². The molecule has 0 bridgehead atoms. The Morgan fingerprint density at radius 2 is 2.18 bits per heavy atom. The minimum Gasteiger partial charge on any atom is -0.370 e. The van der Waals surface area contributed by atoms with Gasteiger partial charge in [0.05, 0.1) is 6.61 Å². The number of hydrogen-bond acceptors (Lipinski definition) is 3. The average Bonchev–Trinajstić information content (AvgIpc) is 2.18. The van der Waals surface area contributed by atoms with E-state index in [2.05, 4.69) is 10.6 Å². The lowest BCUT2D eigenvalue weighted by Crippen LogP contribution is -2.49. The molecule has 2 N–H and O–H groups in total. The van der Waals surface area contributed by atoms with Crippen LogP contribution in [0.4, 0.5) is 4.79 Å². The number of amides is 3. The third-order valence-electron chi connectivity index (χ3n) is 2.24. The number of urea groups is 1. The molecule has 0 radical (unpaired) electrons. The number of morpholine rings is 1. The second kappa shape index (κ2) is 5.86. The summed E-state index contributed by atoms with van der Waals surface area (Å²) in [5, 5.41) is 5.51. The van der Waals surface area contributed by atoms with E-state index in [1.54, 1.807) is 4.90 Å². The van der Waals surface area contributed by atoms with Gasteiger partial charge in [-0.15, -0.1) is 0 Å². The topological polar surface area (TPSA) is 70.7 Å². The Hall–Kier alpha value is -1.30. The molecule has 0 spiro atoms. The van der Waals surface area contributed by atoms with Crippen LogP contribution in [-0.4, -0.2) is 55.2 Å². The average molecular weight is 243 g/mol. The monoisotopic (exact) mass is 243 g/mol. The molecule has 1 fully saturated rings. The summed E-state index contributed by atoms with van der Waals surface area (Å²) < 4.78 is 5.01. The van der Waals surface area contributed by atoms with Crippen LogP contribution in [0, 0.1) is 0 Å². The summed E-state index contributed by atoms with van der Waals surface area (Å²) in [4.78, 5) is 24.5. The van der Waals surface area contributed by atoms with E-state index in [0.29, 0.717) is 26.2 Å². The van der Waals surface area contributed by atoms with Crippen LogP contribution in [0.15, 0.2) is 0 Å². The largest absolute Gasteiger partial charge is 0.370 e. The van der Waals surface area contributed by atoms with Crippen molar-refractivity contribution in [3.8, 4) is 0 Å². The van der Waals surface area contributed by atoms with Gasteiger partial charge in [0.15, 0.2) is 0 Å². The van der Waals surface area contributed by atoms with Gasteiger partial charge in [-0.05, 0) is 20.8 Å². The fourth-order valence-electron chi connectivity index (χ4n) is 1.48. The Kier molecular flexibility index (Phi) is 4.74. The number of ether oxygens (including phenoxy) is 1. The number of nitrogens with one attached hydrogen (secondary N) is 2. The summed E-state index contributed by atoms with van der Waals surface area (Å²) in [7, 11) is 0. The first-order chi connectivity index (χ1) is 7.88. The maximum absolute atomic E-state index is 11.4. The van der Waals surface area contributed by atoms with E-state index in [1.165, 1.54) is 0 Å². The van der Waals surface area contributed by atoms with Gasteiger partial charge in [0, 0.05) is 25.2 Å². The van der Waals surface area contributed by atoms with Gasteiger partial charge in [-0.2, -0.15) is 0 Å². The molecular weight excluding hydrogens is 222 g/mol. The molecule has 1 aliphatic heterocycles. The standard InChI is InChI=1S/C11H21N3O3/c1-11(2,3)13-10(16)12-4-5-14-6-7-17-8-9(14)15/h4-8H2,1-3H3,(H2,12,13,16). The minimum atomic E-state index is -0.251. The van der Waals surface area contributed by atoms with E-state index in [-0.39, 0.29) is 24.1 Å². The molecule has 1 heterocycles. The molecule has 17 heavy (non-hydrogen) atoms. The van der Waals surface area contributed by atoms with Crippen molar-refractivity contribution in [3.05, 3.63) is 0 Å². The van der Waals surface area contributed by atoms with Crippen LogP contribution in [-0.2, 0) is 9.53 Å². The molecule has 1 rings (SSSR count). The molecule has 98 valence electrons. The van der Waals surface area contributed by atoms with Crippen molar-refractivity contribution in [1.82, 2.24) is 15.5 Å². The molecule has 0 atom stereocenters. The maximum atomic E-state index is 11.4. The molecule has 6 nitrogen and oxygen atoms in total. The van der Waals surface area contributed by atoms with Gasteiger partial charge in [-0.25, -0.2) is 4.79 Å². The van der Waals surface area contributed by atoms with E-state index < -0.39 is 0 Å². The van der Waals surface area contributed by atoms with E-state index in [1.807, 2.05) is 20.8 Å². The number of hydrogen-bond donors (Lipinski definition) is 2. The lowest BCUT2D eigenvalue weighted by molar-refractivity contribution is -0.142. The van der Waals surface area contributed by atoms with Crippen LogP contribution in [0.2, 0.25) is 0 Å². The number of carbonyl (C=O) groups is 2. The van der Waals surface area contributed by atoms with Crippen LogP contribution in [0.5, 0.6) is 0 Å². The SMILES string of the molecule is CC(C)(C)NC(=O)NCCN1CCOCC1=O. The van der Waals surface area contributed by atoms with Crippen molar-refractivity contribution in [1.29, 1.82) is 0 Å². The quantitative estimate of drug-likeness (QED) is 0.729. The van der Waals surface area contributed by atoms with Gasteiger partial charge in [0.2, 0.25) is 5.91 Å². The van der Waals surface area contributed by atoms with Crippen molar-refractivity contribution in [2.45, 2.75) is 26.3 Å². The highest BCUT2D eigenvalue weighted by Crippen LogP contribution is 1.98. The molecule has 0 unspecified atom stereocenters. The summed E-state index contributed by atoms with van der Waals surface area (Å²) in [5.41, 5.74) is -0.251. The summed E-state index contributed by atoms with van der Waals surface area (Å²) >= 11 is 0. The smallest absolute Gasteiger partial charge is 0.315 e. The van der Waals surface area contributed by atoms with E-state index >= 15 is 0 Å². The fourth-order valence-corrected chi connectivity index (χ4v) is 1.48. The highest BCUT2D eigenvalue weighted by atomic mass is 16.5. The van der Waals surface area contributed by atoms with Gasteiger partial charge in [0.25, 0.3) is 0 Å². The first-order valence-electron chi connectivity index (χ1n) is 5.80. The second-order valence-corrected chi connectivity index (χ2v) is 5.06. The summed E-state index contributed by atoms with van der Waals surface area (Å²) in [6.07, 6.45) is 0. The van der Waals surface area contributed by atoms with Crippen molar-refractivity contribution < 1.29 is 14.3 Å². The molecule has 3 amide bonds. The molecule has 0 saturated carbocycles. The zero-order valence-corrected chi connectivity index (χ0v) is 10.7. The van der Waals surface area contributed by atoms with Crippen molar-refractivity contribution in [2.24, 2.45) is 0 Å². The van der Waals surface area contributed by atoms with Crippen LogP contribution in [0.25, 0.3) is 0 Å². The summed E-state index contributed by atoms with van der Waals surface area (Å²) in [6.45, 7) is 8.04. The van der Waals surface area contributed by atoms with E-state index in [4.69, 9.17) is 4.74 Å². The van der Waals surface area contributed by atoms with Gasteiger partial charge in [0.1, 0.15) is 6.61 Å². The molecule has 0 aromatic carbocycles. The highest BCUT2D eigenvalue weighted by molar-refractivity contribution is 5.78. The summed E-state index contributed by atoms with van der Waals surface area (Å²) in [6, 6.07) is -0.210. The molecule has 1 aliphatic rings. The predicted octanol–water partition coefficient (Wildman–Crippen LogP) is -0.0571. The summed E-state index contributed by atoms with van der Waals surface area (Å²) in [5.74, 6) is -0.0192. The highest BCUT2D eigenvalue weighted by Gasteiger charge is 2.18. The molecule has 0 aromatic rings. The van der Waals surface area contributed by atoms with Gasteiger partial charge in [-0.1, -0.05) is 0 Å². The van der Waals surface area contributed by atoms with Crippen LogP contribution in [0.3, 0.4) is 0 Å². The van der Waals surface area contributed by atoms with E-state index in [0.717, 1.165) is 0 Å². The zero-order valence-electron chi connectivity index (χ0n) is 10.7. The number of rotatable bonds is 3. The van der Waals surface area contributed by atoms with Crippen molar-refractivity contribution in [2.75, 3.05) is 32.8 Å². The third-order valence-corrected chi connectivity index (χ3v) is 2.24. The predicted molar refractivity (Wildman–Crippen MR) is 63.7 cm³/mol. The number of nitrogens with zero attached hydrogens (tertiary/aromatic N) is 1. The van der Waals surface area contributed by atoms with Crippen LogP contribution >= 0.6 is 0 Å². The van der Waals surface area contributed by atoms with Gasteiger partial charge >= 0.3 is 6.03 Å². The molecule has 6 heteroatoms. The van der Waals surface area contributed by atoms with Crippen molar-refractivity contribution >= 4 is 11.9 Å². The van der Waals surface area contributed by atoms with E-state index in [9.17, 15) is 9.59 Å². The Bertz CT molecular complexity index is 286. The normalized spacial score (nSPS) is 16.9. The molecule has 0 aromatic heterocycles. The lowest BCUT2D eigenvalue weighted by atomic mass is 10.1. The third kappa shape index (κ3) is 5.53. The number of carbonyl (C=O) groups excluding carboxylic acids is 2. The second-order valence-electron chi connectivity index (χ2n) is 5.06. The first kappa shape index (κ1) is 13.8. The molecular formula is C11H21N3O3. The zero-order chi connectivity index (χ0) is 12.9. The molecule has 0 aliphatic carbocycles. The fraction of sp³-hybridized carbons (Fsp3) is 0.818. The van der Waals surface area contributed by atoms with Gasteiger partial charge in [-0.3, -0.25) is 4.79 Å². The van der Waals surface area contributed by atoms with Crippen molar-refractivity contribution in [3.63, 3.8) is 0 Å². The Morgan fingerprint density at radius 3 is 2.76 bits per heavy atom. The Labute approximate surface area is 102 Å². The molecule has 1 saturated heterocycles. The van der Waals surface area contributed by atoms with Gasteiger partial charge < -0.3 is 20.3 Å². The first-order valence-corrected chi connectivity index (χ1v) is 5.80.